The fourth-order valence-corrected chi connectivity index (χ4v) is 2.99. The molecule has 0 bridgehead atoms. The first kappa shape index (κ1) is 13.8. The van der Waals surface area contributed by atoms with Crippen LogP contribution in [0.15, 0.2) is 27.7 Å². The van der Waals surface area contributed by atoms with Crippen molar-refractivity contribution in [2.75, 3.05) is 7.11 Å². The number of nitrogens with zero attached hydrogens (tertiary/aromatic N) is 1. The van der Waals surface area contributed by atoms with E-state index in [0.717, 1.165) is 11.8 Å². The Kier molecular flexibility index (Phi) is 4.06. The van der Waals surface area contributed by atoms with E-state index in [1.54, 1.807) is 25.1 Å². The number of hydrogen-bond acceptors (Lipinski definition) is 6. The van der Waals surface area contributed by atoms with Crippen molar-refractivity contribution in [1.82, 2.24) is 4.90 Å². The van der Waals surface area contributed by atoms with Gasteiger partial charge < -0.3 is 9.15 Å². The van der Waals surface area contributed by atoms with Crippen LogP contribution in [-0.2, 0) is 14.3 Å². The van der Waals surface area contributed by atoms with Crippen molar-refractivity contribution < 1.29 is 18.7 Å². The zero-order chi connectivity index (χ0) is 14.0. The van der Waals surface area contributed by atoms with Gasteiger partial charge >= 0.3 is 5.97 Å². The van der Waals surface area contributed by atoms with Crippen LogP contribution < -0.4 is 0 Å². The van der Waals surface area contributed by atoms with Crippen LogP contribution in [0.25, 0.3) is 6.08 Å². The van der Waals surface area contributed by atoms with Crippen molar-refractivity contribution in [3.8, 4) is 0 Å². The molecule has 0 aliphatic carbocycles. The van der Waals surface area contributed by atoms with E-state index in [-0.39, 0.29) is 5.91 Å². The zero-order valence-corrected chi connectivity index (χ0v) is 11.9. The van der Waals surface area contributed by atoms with E-state index in [2.05, 4.69) is 4.74 Å². The molecule has 19 heavy (non-hydrogen) atoms. The lowest BCUT2D eigenvalue weighted by Gasteiger charge is -2.20. The fraction of sp³-hybridized carbons (Fsp3) is 0.250. The minimum Gasteiger partial charge on any atom is -0.467 e. The van der Waals surface area contributed by atoms with E-state index in [1.165, 1.54) is 18.3 Å². The molecule has 0 unspecified atom stereocenters. The first-order valence-electron chi connectivity index (χ1n) is 5.43. The van der Waals surface area contributed by atoms with Crippen molar-refractivity contribution in [1.29, 1.82) is 0 Å². The van der Waals surface area contributed by atoms with Crippen molar-refractivity contribution in [2.24, 2.45) is 0 Å². The van der Waals surface area contributed by atoms with Gasteiger partial charge in [0.15, 0.2) is 0 Å². The number of carbonyl (C=O) groups excluding carboxylic acids is 2. The highest BCUT2D eigenvalue weighted by molar-refractivity contribution is 8.26. The molecule has 0 radical (unpaired) electrons. The molecule has 1 saturated heterocycles. The molecule has 1 amide bonds. The van der Waals surface area contributed by atoms with Crippen LogP contribution in [0.5, 0.6) is 0 Å². The summed E-state index contributed by atoms with van der Waals surface area (Å²) in [6, 6.07) is 2.72. The van der Waals surface area contributed by atoms with E-state index >= 15 is 0 Å². The third kappa shape index (κ3) is 2.71. The van der Waals surface area contributed by atoms with Crippen LogP contribution in [0, 0.1) is 0 Å². The lowest BCUT2D eigenvalue weighted by Crippen LogP contribution is -2.42. The predicted octanol–water partition coefficient (Wildman–Crippen LogP) is 2.04. The van der Waals surface area contributed by atoms with Crippen molar-refractivity contribution in [3.05, 3.63) is 29.1 Å². The fourth-order valence-electron chi connectivity index (χ4n) is 1.59. The molecule has 2 rings (SSSR count). The summed E-state index contributed by atoms with van der Waals surface area (Å²) in [4.78, 5) is 25.4. The minimum absolute atomic E-state index is 0.315. The highest BCUT2D eigenvalue weighted by Gasteiger charge is 2.38. The lowest BCUT2D eigenvalue weighted by atomic mass is 10.3. The standard InChI is InChI=1S/C12H11NO4S2/c1-7(11(15)16-2)13-10(14)9(19-12(13)18)6-8-4-3-5-17-8/h3-7H,1-2H3/b9-6-/t7-/m1/s1. The van der Waals surface area contributed by atoms with Crippen LogP contribution in [0.3, 0.4) is 0 Å². The Morgan fingerprint density at radius 2 is 2.37 bits per heavy atom. The molecule has 1 atom stereocenters. The van der Waals surface area contributed by atoms with Gasteiger partial charge in [-0.15, -0.1) is 0 Å². The van der Waals surface area contributed by atoms with Gasteiger partial charge in [-0.05, 0) is 19.1 Å². The molecule has 0 aromatic carbocycles. The number of amides is 1. The summed E-state index contributed by atoms with van der Waals surface area (Å²) < 4.78 is 10.1. The molecule has 0 saturated carbocycles. The minimum atomic E-state index is -0.736. The third-order valence-corrected chi connectivity index (χ3v) is 3.90. The summed E-state index contributed by atoms with van der Waals surface area (Å²) in [5, 5.41) is 0. The molecule has 1 aromatic heterocycles. The summed E-state index contributed by atoms with van der Waals surface area (Å²) in [6.45, 7) is 1.58. The molecule has 2 heterocycles. The topological polar surface area (TPSA) is 59.8 Å². The second kappa shape index (κ2) is 5.58. The molecule has 0 spiro atoms. The maximum Gasteiger partial charge on any atom is 0.328 e. The number of esters is 1. The Morgan fingerprint density at radius 3 is 2.95 bits per heavy atom. The van der Waals surface area contributed by atoms with Crippen molar-refractivity contribution in [3.63, 3.8) is 0 Å². The van der Waals surface area contributed by atoms with E-state index in [0.29, 0.717) is 15.0 Å². The number of carbonyl (C=O) groups is 2. The van der Waals surface area contributed by atoms with Gasteiger partial charge in [-0.2, -0.15) is 0 Å². The normalized spacial score (nSPS) is 19.1. The van der Waals surface area contributed by atoms with Crippen LogP contribution in [0.1, 0.15) is 12.7 Å². The summed E-state index contributed by atoms with van der Waals surface area (Å²) in [5.74, 6) is -0.258. The summed E-state index contributed by atoms with van der Waals surface area (Å²) in [5.41, 5.74) is 0. The van der Waals surface area contributed by atoms with Gasteiger partial charge in [-0.3, -0.25) is 9.69 Å². The van der Waals surface area contributed by atoms with Gasteiger partial charge in [-0.25, -0.2) is 4.79 Å². The first-order chi connectivity index (χ1) is 9.04. The number of thiocarbonyl (C=S) groups is 1. The summed E-state index contributed by atoms with van der Waals surface area (Å²) >= 11 is 6.26. The zero-order valence-electron chi connectivity index (χ0n) is 10.3. The van der Waals surface area contributed by atoms with Gasteiger partial charge in [0.05, 0.1) is 18.3 Å². The number of rotatable bonds is 3. The van der Waals surface area contributed by atoms with Crippen LogP contribution >= 0.6 is 24.0 Å². The van der Waals surface area contributed by atoms with Crippen molar-refractivity contribution in [2.45, 2.75) is 13.0 Å². The first-order valence-corrected chi connectivity index (χ1v) is 6.65. The Hall–Kier alpha value is -1.60. The molecule has 0 N–H and O–H groups in total. The average molecular weight is 297 g/mol. The molecule has 100 valence electrons. The second-order valence-corrected chi connectivity index (χ2v) is 5.44. The van der Waals surface area contributed by atoms with Crippen LogP contribution in [-0.4, -0.2) is 34.2 Å². The number of furan rings is 1. The Labute approximate surface area is 119 Å². The third-order valence-electron chi connectivity index (χ3n) is 2.57. The summed E-state index contributed by atoms with van der Waals surface area (Å²) in [6.07, 6.45) is 3.12. The van der Waals surface area contributed by atoms with Gasteiger partial charge in [0.1, 0.15) is 16.1 Å². The molecule has 1 aromatic rings. The maximum absolute atomic E-state index is 12.2. The Morgan fingerprint density at radius 1 is 1.63 bits per heavy atom. The smallest absolute Gasteiger partial charge is 0.328 e. The highest BCUT2D eigenvalue weighted by Crippen LogP contribution is 2.34. The molecular formula is C12H11NO4S2. The van der Waals surface area contributed by atoms with E-state index in [4.69, 9.17) is 16.6 Å². The SMILES string of the molecule is COC(=O)[C@@H](C)N1C(=O)/C(=C/c2ccco2)SC1=S. The van der Waals surface area contributed by atoms with Gasteiger partial charge in [0.25, 0.3) is 5.91 Å². The van der Waals surface area contributed by atoms with Gasteiger partial charge in [0.2, 0.25) is 0 Å². The van der Waals surface area contributed by atoms with Gasteiger partial charge in [-0.1, -0.05) is 24.0 Å². The van der Waals surface area contributed by atoms with E-state index < -0.39 is 12.0 Å². The Bertz CT molecular complexity index is 550. The quantitative estimate of drug-likeness (QED) is 0.483. The lowest BCUT2D eigenvalue weighted by molar-refractivity contribution is -0.147. The van der Waals surface area contributed by atoms with Crippen molar-refractivity contribution >= 4 is 46.3 Å². The predicted molar refractivity (Wildman–Crippen MR) is 75.2 cm³/mol. The largest absolute Gasteiger partial charge is 0.467 e. The summed E-state index contributed by atoms with van der Waals surface area (Å²) in [7, 11) is 1.27. The Balaban J connectivity index is 2.24. The molecule has 1 aliphatic heterocycles. The molecule has 5 nitrogen and oxygen atoms in total. The number of thioether (sulfide) groups is 1. The average Bonchev–Trinajstić information content (AvgIpc) is 2.98. The maximum atomic E-state index is 12.2. The van der Waals surface area contributed by atoms with Gasteiger partial charge in [0, 0.05) is 6.08 Å². The number of ether oxygens (including phenoxy) is 1. The number of hydrogen-bond donors (Lipinski definition) is 0. The monoisotopic (exact) mass is 297 g/mol. The molecule has 1 aliphatic rings. The molecular weight excluding hydrogens is 286 g/mol. The molecule has 1 fully saturated rings. The van der Waals surface area contributed by atoms with E-state index in [1.807, 2.05) is 0 Å². The highest BCUT2D eigenvalue weighted by atomic mass is 32.2. The molecule has 7 heteroatoms. The van der Waals surface area contributed by atoms with Crippen LogP contribution in [0.4, 0.5) is 0 Å². The van der Waals surface area contributed by atoms with E-state index in [9.17, 15) is 9.59 Å². The number of methoxy groups -OCH3 is 1. The van der Waals surface area contributed by atoms with Crippen LogP contribution in [0.2, 0.25) is 0 Å². The second-order valence-electron chi connectivity index (χ2n) is 3.77.